The minimum absolute atomic E-state index is 0.212. The van der Waals surface area contributed by atoms with E-state index >= 15 is 0 Å². The lowest BCUT2D eigenvalue weighted by Gasteiger charge is -2.20. The van der Waals surface area contributed by atoms with Gasteiger partial charge in [0.25, 0.3) is 5.91 Å². The summed E-state index contributed by atoms with van der Waals surface area (Å²) in [5.41, 5.74) is 3.10. The van der Waals surface area contributed by atoms with Gasteiger partial charge in [-0.3, -0.25) is 9.59 Å². The maximum Gasteiger partial charge on any atom is 0.252 e. The fraction of sp³-hybridized carbons (Fsp3) is 0.318. The highest BCUT2D eigenvalue weighted by molar-refractivity contribution is 7.18. The number of benzene rings is 2. The van der Waals surface area contributed by atoms with Crippen molar-refractivity contribution in [3.63, 3.8) is 0 Å². The molecule has 0 unspecified atom stereocenters. The second kappa shape index (κ2) is 8.52. The molecule has 1 aromatic heterocycles. The summed E-state index contributed by atoms with van der Waals surface area (Å²) in [7, 11) is 0. The van der Waals surface area contributed by atoms with Gasteiger partial charge in [0.1, 0.15) is 6.04 Å². The molecule has 0 aliphatic rings. The predicted octanol–water partition coefficient (Wildman–Crippen LogP) is 4.70. The Morgan fingerprint density at radius 1 is 1.11 bits per heavy atom. The molecule has 2 aromatic carbocycles. The number of thiazole rings is 1. The Balaban J connectivity index is 1.76. The fourth-order valence-electron chi connectivity index (χ4n) is 3.11. The number of aromatic nitrogens is 1. The van der Waals surface area contributed by atoms with Gasteiger partial charge in [0.05, 0.1) is 15.2 Å². The van der Waals surface area contributed by atoms with Crippen LogP contribution >= 0.6 is 11.3 Å². The SMILES string of the molecule is Cc1nc2ccc(NC(=O)[C@@H](CC(C)C)NC(=O)c3ccccc3C)cc2s1. The molecule has 1 heterocycles. The van der Waals surface area contributed by atoms with Gasteiger partial charge in [-0.15, -0.1) is 11.3 Å². The zero-order chi connectivity index (χ0) is 20.3. The van der Waals surface area contributed by atoms with E-state index < -0.39 is 6.04 Å². The van der Waals surface area contributed by atoms with Crippen LogP contribution < -0.4 is 10.6 Å². The van der Waals surface area contributed by atoms with Crippen LogP contribution in [0.2, 0.25) is 0 Å². The molecule has 0 fully saturated rings. The molecule has 0 saturated carbocycles. The molecule has 28 heavy (non-hydrogen) atoms. The molecule has 1 atom stereocenters. The number of nitrogens with zero attached hydrogens (tertiary/aromatic N) is 1. The largest absolute Gasteiger partial charge is 0.340 e. The number of anilines is 1. The van der Waals surface area contributed by atoms with Gasteiger partial charge >= 0.3 is 0 Å². The molecule has 0 aliphatic heterocycles. The van der Waals surface area contributed by atoms with E-state index in [0.29, 0.717) is 17.7 Å². The molecule has 0 bridgehead atoms. The molecule has 0 aliphatic carbocycles. The summed E-state index contributed by atoms with van der Waals surface area (Å²) in [6.45, 7) is 7.92. The van der Waals surface area contributed by atoms with Crippen molar-refractivity contribution in [3.05, 3.63) is 58.6 Å². The van der Waals surface area contributed by atoms with Crippen molar-refractivity contribution in [2.75, 3.05) is 5.32 Å². The molecule has 146 valence electrons. The van der Waals surface area contributed by atoms with Gasteiger partial charge < -0.3 is 10.6 Å². The van der Waals surface area contributed by atoms with E-state index in [1.165, 1.54) is 0 Å². The molecule has 2 amide bonds. The Morgan fingerprint density at radius 3 is 2.57 bits per heavy atom. The molecule has 5 nitrogen and oxygen atoms in total. The van der Waals surface area contributed by atoms with Crippen LogP contribution in [0.1, 0.15) is 41.2 Å². The molecule has 2 N–H and O–H groups in total. The van der Waals surface area contributed by atoms with Crippen LogP contribution in [-0.4, -0.2) is 22.8 Å². The third-order valence-electron chi connectivity index (χ3n) is 4.48. The van der Waals surface area contributed by atoms with Crippen molar-refractivity contribution in [1.29, 1.82) is 0 Å². The molecule has 0 saturated heterocycles. The Bertz CT molecular complexity index is 1010. The van der Waals surface area contributed by atoms with Crippen molar-refractivity contribution < 1.29 is 9.59 Å². The topological polar surface area (TPSA) is 71.1 Å². The average Bonchev–Trinajstić information content (AvgIpc) is 3.00. The summed E-state index contributed by atoms with van der Waals surface area (Å²) in [6, 6.07) is 12.4. The normalized spacial score (nSPS) is 12.2. The van der Waals surface area contributed by atoms with Gasteiger partial charge in [-0.1, -0.05) is 32.0 Å². The molecule has 6 heteroatoms. The molecule has 0 spiro atoms. The molecule has 0 radical (unpaired) electrons. The van der Waals surface area contributed by atoms with E-state index in [1.54, 1.807) is 17.4 Å². The zero-order valence-corrected chi connectivity index (χ0v) is 17.4. The standard InChI is InChI=1S/C22H25N3O2S/c1-13(2)11-19(25-21(26)17-8-6-5-7-14(17)3)22(27)24-16-9-10-18-20(12-16)28-15(4)23-18/h5-10,12-13,19H,11H2,1-4H3,(H,24,27)(H,25,26)/t19-/m1/s1. The van der Waals surface area contributed by atoms with Gasteiger partial charge in [-0.25, -0.2) is 4.98 Å². The summed E-state index contributed by atoms with van der Waals surface area (Å²) in [5.74, 6) is -0.178. The van der Waals surface area contributed by atoms with Crippen molar-refractivity contribution in [2.45, 2.75) is 40.2 Å². The van der Waals surface area contributed by atoms with E-state index in [-0.39, 0.29) is 17.7 Å². The van der Waals surface area contributed by atoms with Gasteiger partial charge in [-0.2, -0.15) is 0 Å². The summed E-state index contributed by atoms with van der Waals surface area (Å²) < 4.78 is 1.03. The summed E-state index contributed by atoms with van der Waals surface area (Å²) in [5, 5.41) is 6.84. The first kappa shape index (κ1) is 20.0. The highest BCUT2D eigenvalue weighted by atomic mass is 32.1. The summed E-state index contributed by atoms with van der Waals surface area (Å²) in [6.07, 6.45) is 0.561. The maximum absolute atomic E-state index is 12.9. The van der Waals surface area contributed by atoms with Crippen LogP contribution in [0.5, 0.6) is 0 Å². The van der Waals surface area contributed by atoms with Crippen LogP contribution in [0.4, 0.5) is 5.69 Å². The Morgan fingerprint density at radius 2 is 1.86 bits per heavy atom. The third kappa shape index (κ3) is 4.75. The Hall–Kier alpha value is -2.73. The number of carbonyl (C=O) groups excluding carboxylic acids is 2. The second-order valence-corrected chi connectivity index (χ2v) is 8.61. The average molecular weight is 396 g/mol. The maximum atomic E-state index is 12.9. The van der Waals surface area contributed by atoms with Gasteiger partial charge in [-0.05, 0) is 56.0 Å². The van der Waals surface area contributed by atoms with E-state index in [2.05, 4.69) is 15.6 Å². The lowest BCUT2D eigenvalue weighted by molar-refractivity contribution is -0.118. The van der Waals surface area contributed by atoms with E-state index in [1.807, 2.05) is 64.1 Å². The number of nitrogens with one attached hydrogen (secondary N) is 2. The quantitative estimate of drug-likeness (QED) is 0.636. The van der Waals surface area contributed by atoms with Gasteiger partial charge in [0, 0.05) is 11.3 Å². The summed E-state index contributed by atoms with van der Waals surface area (Å²) >= 11 is 1.59. The molecule has 3 rings (SSSR count). The van der Waals surface area contributed by atoms with Crippen LogP contribution in [0, 0.1) is 19.8 Å². The highest BCUT2D eigenvalue weighted by Crippen LogP contribution is 2.25. The first-order chi connectivity index (χ1) is 13.3. The van der Waals surface area contributed by atoms with Crippen molar-refractivity contribution >= 4 is 39.1 Å². The Labute approximate surface area is 169 Å². The third-order valence-corrected chi connectivity index (χ3v) is 5.42. The molecular weight excluding hydrogens is 370 g/mol. The number of amides is 2. The Kier molecular flexibility index (Phi) is 6.09. The molecule has 3 aromatic rings. The van der Waals surface area contributed by atoms with Crippen LogP contribution in [0.3, 0.4) is 0 Å². The van der Waals surface area contributed by atoms with E-state index in [4.69, 9.17) is 0 Å². The van der Waals surface area contributed by atoms with E-state index in [0.717, 1.165) is 20.8 Å². The fourth-order valence-corrected chi connectivity index (χ4v) is 3.98. The monoisotopic (exact) mass is 395 g/mol. The smallest absolute Gasteiger partial charge is 0.252 e. The van der Waals surface area contributed by atoms with Gasteiger partial charge in [0.2, 0.25) is 5.91 Å². The highest BCUT2D eigenvalue weighted by Gasteiger charge is 2.23. The first-order valence-corrected chi connectivity index (χ1v) is 10.2. The van der Waals surface area contributed by atoms with Crippen LogP contribution in [0.15, 0.2) is 42.5 Å². The number of aryl methyl sites for hydroxylation is 2. The number of rotatable bonds is 6. The minimum Gasteiger partial charge on any atom is -0.340 e. The second-order valence-electron chi connectivity index (χ2n) is 7.38. The number of carbonyl (C=O) groups is 2. The number of hydrogen-bond donors (Lipinski definition) is 2. The number of fused-ring (bicyclic) bond motifs is 1. The van der Waals surface area contributed by atoms with Crippen LogP contribution in [-0.2, 0) is 4.79 Å². The van der Waals surface area contributed by atoms with Crippen LogP contribution in [0.25, 0.3) is 10.2 Å². The summed E-state index contributed by atoms with van der Waals surface area (Å²) in [4.78, 5) is 30.0. The minimum atomic E-state index is -0.606. The molecular formula is C22H25N3O2S. The van der Waals surface area contributed by atoms with Crippen molar-refractivity contribution in [2.24, 2.45) is 5.92 Å². The van der Waals surface area contributed by atoms with Gasteiger partial charge in [0.15, 0.2) is 0 Å². The number of hydrogen-bond acceptors (Lipinski definition) is 4. The first-order valence-electron chi connectivity index (χ1n) is 9.38. The predicted molar refractivity (Wildman–Crippen MR) is 115 cm³/mol. The van der Waals surface area contributed by atoms with Crippen molar-refractivity contribution in [1.82, 2.24) is 10.3 Å². The van der Waals surface area contributed by atoms with E-state index in [9.17, 15) is 9.59 Å². The zero-order valence-electron chi connectivity index (χ0n) is 16.6. The lowest BCUT2D eigenvalue weighted by Crippen LogP contribution is -2.44. The van der Waals surface area contributed by atoms with Crippen molar-refractivity contribution in [3.8, 4) is 0 Å². The lowest BCUT2D eigenvalue weighted by atomic mass is 10.0.